The smallest absolute Gasteiger partial charge is 0.466 e. The van der Waals surface area contributed by atoms with E-state index in [1.807, 2.05) is 0 Å². The van der Waals surface area contributed by atoms with Crippen molar-refractivity contribution in [3.63, 3.8) is 0 Å². The van der Waals surface area contributed by atoms with Crippen LogP contribution in [0.5, 0.6) is 0 Å². The summed E-state index contributed by atoms with van der Waals surface area (Å²) in [4.78, 5) is 26.8. The molecule has 0 aliphatic carbocycles. The Morgan fingerprint density at radius 3 is 1.77 bits per heavy atom. The van der Waals surface area contributed by atoms with Gasteiger partial charge in [-0.05, 0) is 44.7 Å². The zero-order valence-corrected chi connectivity index (χ0v) is 26.6. The third-order valence-electron chi connectivity index (χ3n) is 7.49. The van der Waals surface area contributed by atoms with Crippen molar-refractivity contribution in [1.29, 1.82) is 0 Å². The maximum Gasteiger partial charge on any atom is 0.508 e. The Hall–Kier alpha value is -1.30. The van der Waals surface area contributed by atoms with Gasteiger partial charge in [0.05, 0.1) is 13.2 Å². The predicted molar refractivity (Wildman–Crippen MR) is 163 cm³/mol. The molecule has 0 amide bonds. The fourth-order valence-corrected chi connectivity index (χ4v) is 4.83. The average molecular weight is 556 g/mol. The average Bonchev–Trinajstić information content (AvgIpc) is 2.91. The van der Waals surface area contributed by atoms with E-state index < -0.39 is 6.16 Å². The molecule has 0 aromatic heterocycles. The minimum Gasteiger partial charge on any atom is -0.466 e. The molecule has 0 aliphatic heterocycles. The van der Waals surface area contributed by atoms with Crippen molar-refractivity contribution in [2.45, 2.75) is 163 Å². The van der Waals surface area contributed by atoms with Gasteiger partial charge in [-0.2, -0.15) is 0 Å². The van der Waals surface area contributed by atoms with E-state index >= 15 is 0 Å². The Morgan fingerprint density at radius 2 is 1.18 bits per heavy atom. The highest BCUT2D eigenvalue weighted by Crippen LogP contribution is 2.16. The summed E-state index contributed by atoms with van der Waals surface area (Å²) in [6.07, 6.45) is 20.1. The largest absolute Gasteiger partial charge is 0.508 e. The third kappa shape index (κ3) is 26.7. The van der Waals surface area contributed by atoms with Crippen molar-refractivity contribution in [2.75, 3.05) is 32.8 Å². The molecule has 39 heavy (non-hydrogen) atoms. The molecule has 0 aromatic rings. The molecule has 1 atom stereocenters. The van der Waals surface area contributed by atoms with Crippen molar-refractivity contribution in [3.05, 3.63) is 0 Å². The van der Waals surface area contributed by atoms with Crippen LogP contribution in [0.4, 0.5) is 4.79 Å². The Bertz CT molecular complexity index is 550. The monoisotopic (exact) mass is 555 g/mol. The molecule has 0 rings (SSSR count). The number of hydrogen-bond acceptors (Lipinski definition) is 6. The van der Waals surface area contributed by atoms with Crippen LogP contribution in [0.15, 0.2) is 0 Å². The molecule has 0 saturated carbocycles. The second kappa shape index (κ2) is 28.2. The van der Waals surface area contributed by atoms with Crippen molar-refractivity contribution < 1.29 is 23.8 Å². The molecule has 0 fully saturated rings. The van der Waals surface area contributed by atoms with Gasteiger partial charge in [-0.3, -0.25) is 4.79 Å². The van der Waals surface area contributed by atoms with Gasteiger partial charge in [0.15, 0.2) is 0 Å². The lowest BCUT2D eigenvalue weighted by Gasteiger charge is -2.19. The van der Waals surface area contributed by atoms with E-state index in [1.165, 1.54) is 70.6 Å². The van der Waals surface area contributed by atoms with E-state index in [1.54, 1.807) is 0 Å². The van der Waals surface area contributed by atoms with Crippen LogP contribution < -0.4 is 0 Å². The maximum absolute atomic E-state index is 12.3. The van der Waals surface area contributed by atoms with Gasteiger partial charge in [-0.25, -0.2) is 4.79 Å². The first-order valence-corrected chi connectivity index (χ1v) is 16.6. The third-order valence-corrected chi connectivity index (χ3v) is 7.49. The number of carbonyl (C=O) groups excluding carboxylic acids is 2. The Kier molecular flexibility index (Phi) is 27.3. The fraction of sp³-hybridized carbons (Fsp3) is 0.939. The number of rotatable bonds is 28. The first-order chi connectivity index (χ1) is 18.9. The number of carbonyl (C=O) groups is 2. The van der Waals surface area contributed by atoms with Crippen LogP contribution >= 0.6 is 0 Å². The van der Waals surface area contributed by atoms with Gasteiger partial charge in [0, 0.05) is 19.4 Å². The molecule has 0 N–H and O–H groups in total. The lowest BCUT2D eigenvalue weighted by atomic mass is 10.0. The van der Waals surface area contributed by atoms with Crippen molar-refractivity contribution >= 4 is 12.1 Å². The summed E-state index contributed by atoms with van der Waals surface area (Å²) in [7, 11) is 0. The van der Waals surface area contributed by atoms with Gasteiger partial charge in [-0.1, -0.05) is 118 Å². The Morgan fingerprint density at radius 1 is 0.615 bits per heavy atom. The SMILES string of the molecule is CCCCCCCCCCCCC(CCOC(=O)CCCCCCC(C)C)OC(=O)OCCCN(CC)CC. The van der Waals surface area contributed by atoms with E-state index in [0.717, 1.165) is 64.1 Å². The van der Waals surface area contributed by atoms with Gasteiger partial charge < -0.3 is 19.1 Å². The number of nitrogens with zero attached hydrogens (tertiary/aromatic N) is 1. The highest BCUT2D eigenvalue weighted by molar-refractivity contribution is 5.69. The molecule has 6 heteroatoms. The summed E-state index contributed by atoms with van der Waals surface area (Å²) in [5.41, 5.74) is 0. The van der Waals surface area contributed by atoms with Crippen LogP contribution in [-0.4, -0.2) is 56.0 Å². The minimum atomic E-state index is -0.598. The molecule has 1 unspecified atom stereocenters. The zero-order chi connectivity index (χ0) is 29.0. The molecule has 0 aliphatic rings. The minimum absolute atomic E-state index is 0.143. The fourth-order valence-electron chi connectivity index (χ4n) is 4.83. The summed E-state index contributed by atoms with van der Waals surface area (Å²) in [6.45, 7) is 14.6. The lowest BCUT2D eigenvalue weighted by molar-refractivity contribution is -0.144. The molecule has 6 nitrogen and oxygen atoms in total. The van der Waals surface area contributed by atoms with E-state index in [2.05, 4.69) is 39.5 Å². The van der Waals surface area contributed by atoms with Crippen LogP contribution in [-0.2, 0) is 19.0 Å². The number of ether oxygens (including phenoxy) is 3. The summed E-state index contributed by atoms with van der Waals surface area (Å²) in [6, 6.07) is 0. The molecule has 0 saturated heterocycles. The first kappa shape index (κ1) is 37.7. The Balaban J connectivity index is 4.27. The molecule has 0 bridgehead atoms. The number of unbranched alkanes of at least 4 members (excludes halogenated alkanes) is 12. The molecule has 0 aromatic carbocycles. The topological polar surface area (TPSA) is 65.1 Å². The van der Waals surface area contributed by atoms with Gasteiger partial charge >= 0.3 is 12.1 Å². The first-order valence-electron chi connectivity index (χ1n) is 16.6. The summed E-state index contributed by atoms with van der Waals surface area (Å²) in [5.74, 6) is 0.603. The lowest BCUT2D eigenvalue weighted by Crippen LogP contribution is -2.26. The van der Waals surface area contributed by atoms with Crippen LogP contribution in [0.3, 0.4) is 0 Å². The normalized spacial score (nSPS) is 12.2. The standard InChI is InChI=1S/C33H65NO5/c1-6-9-10-11-12-13-14-15-16-20-24-31(39-33(36)38-28-22-27-34(7-2)8-3)26-29-37-32(35)25-21-18-17-19-23-30(4)5/h30-31H,6-29H2,1-5H3. The summed E-state index contributed by atoms with van der Waals surface area (Å²) >= 11 is 0. The van der Waals surface area contributed by atoms with Crippen molar-refractivity contribution in [1.82, 2.24) is 4.90 Å². The summed E-state index contributed by atoms with van der Waals surface area (Å²) < 4.78 is 16.5. The molecule has 232 valence electrons. The van der Waals surface area contributed by atoms with Crippen LogP contribution in [0.25, 0.3) is 0 Å². The van der Waals surface area contributed by atoms with E-state index in [0.29, 0.717) is 26.1 Å². The van der Waals surface area contributed by atoms with Crippen LogP contribution in [0.2, 0.25) is 0 Å². The van der Waals surface area contributed by atoms with Gasteiger partial charge in [-0.15, -0.1) is 0 Å². The molecular formula is C33H65NO5. The van der Waals surface area contributed by atoms with E-state index in [4.69, 9.17) is 14.2 Å². The van der Waals surface area contributed by atoms with Crippen LogP contribution in [0, 0.1) is 5.92 Å². The number of hydrogen-bond donors (Lipinski definition) is 0. The summed E-state index contributed by atoms with van der Waals surface area (Å²) in [5, 5.41) is 0. The maximum atomic E-state index is 12.3. The molecule has 0 spiro atoms. The predicted octanol–water partition coefficient (Wildman–Crippen LogP) is 9.48. The van der Waals surface area contributed by atoms with Gasteiger partial charge in [0.2, 0.25) is 0 Å². The molecule has 0 heterocycles. The second-order valence-corrected chi connectivity index (χ2v) is 11.5. The molecular weight excluding hydrogens is 490 g/mol. The quantitative estimate of drug-likeness (QED) is 0.0707. The second-order valence-electron chi connectivity index (χ2n) is 11.5. The van der Waals surface area contributed by atoms with Gasteiger partial charge in [0.1, 0.15) is 6.10 Å². The van der Waals surface area contributed by atoms with Gasteiger partial charge in [0.25, 0.3) is 0 Å². The molecule has 0 radical (unpaired) electrons. The zero-order valence-electron chi connectivity index (χ0n) is 26.6. The van der Waals surface area contributed by atoms with E-state index in [-0.39, 0.29) is 12.1 Å². The van der Waals surface area contributed by atoms with E-state index in [9.17, 15) is 9.59 Å². The highest BCUT2D eigenvalue weighted by atomic mass is 16.7. The Labute approximate surface area is 242 Å². The van der Waals surface area contributed by atoms with Crippen molar-refractivity contribution in [3.8, 4) is 0 Å². The highest BCUT2D eigenvalue weighted by Gasteiger charge is 2.17. The van der Waals surface area contributed by atoms with Crippen molar-refractivity contribution in [2.24, 2.45) is 5.92 Å². The number of esters is 1. The van der Waals surface area contributed by atoms with Crippen LogP contribution in [0.1, 0.15) is 157 Å².